The number of anilines is 1. The number of aryl methyl sites for hydroxylation is 2. The maximum absolute atomic E-state index is 2.70. The van der Waals surface area contributed by atoms with E-state index in [2.05, 4.69) is 30.0 Å². The number of rotatable bonds is 3. The number of benzene rings is 1. The van der Waals surface area contributed by atoms with Crippen molar-refractivity contribution in [2.45, 2.75) is 51.5 Å². The summed E-state index contributed by atoms with van der Waals surface area (Å²) in [6.07, 6.45) is 7.97. The second kappa shape index (κ2) is 4.12. The van der Waals surface area contributed by atoms with Crippen LogP contribution < -0.4 is 4.90 Å². The molecular formula is C15H21N. The molecule has 1 heteroatoms. The molecule has 1 aliphatic heterocycles. The number of para-hydroxylation sites is 1. The minimum atomic E-state index is 0.872. The van der Waals surface area contributed by atoms with Crippen LogP contribution in [0.2, 0.25) is 0 Å². The van der Waals surface area contributed by atoms with Gasteiger partial charge in [0.15, 0.2) is 0 Å². The molecule has 2 aliphatic rings. The summed E-state index contributed by atoms with van der Waals surface area (Å²) in [5, 5.41) is 0. The lowest BCUT2D eigenvalue weighted by Crippen LogP contribution is -2.32. The monoisotopic (exact) mass is 215 g/mol. The van der Waals surface area contributed by atoms with Crippen LogP contribution in [0.3, 0.4) is 0 Å². The van der Waals surface area contributed by atoms with Gasteiger partial charge >= 0.3 is 0 Å². The van der Waals surface area contributed by atoms with E-state index in [4.69, 9.17) is 0 Å². The molecule has 1 aromatic carbocycles. The quantitative estimate of drug-likeness (QED) is 0.745. The molecule has 0 N–H and O–H groups in total. The predicted octanol–water partition coefficient (Wildman–Crippen LogP) is 3.55. The first-order valence-corrected chi connectivity index (χ1v) is 6.77. The Bertz CT molecular complexity index is 379. The molecule has 1 nitrogen and oxygen atoms in total. The summed E-state index contributed by atoms with van der Waals surface area (Å²) < 4.78 is 0. The van der Waals surface area contributed by atoms with Gasteiger partial charge in [-0.1, -0.05) is 31.5 Å². The van der Waals surface area contributed by atoms with E-state index in [1.807, 2.05) is 0 Å². The van der Waals surface area contributed by atoms with E-state index >= 15 is 0 Å². The molecule has 0 unspecified atom stereocenters. The van der Waals surface area contributed by atoms with Crippen LogP contribution in [0, 0.1) is 0 Å². The van der Waals surface area contributed by atoms with Gasteiger partial charge in [0.05, 0.1) is 0 Å². The van der Waals surface area contributed by atoms with Crippen molar-refractivity contribution < 1.29 is 0 Å². The highest BCUT2D eigenvalue weighted by atomic mass is 15.2. The van der Waals surface area contributed by atoms with Crippen molar-refractivity contribution in [3.63, 3.8) is 0 Å². The Balaban J connectivity index is 2.00. The second-order valence-electron chi connectivity index (χ2n) is 5.20. The topological polar surface area (TPSA) is 3.24 Å². The highest BCUT2D eigenvalue weighted by Crippen LogP contribution is 2.39. The normalized spacial score (nSPS) is 19.7. The zero-order valence-corrected chi connectivity index (χ0v) is 10.2. The molecule has 1 aliphatic carbocycles. The fourth-order valence-electron chi connectivity index (χ4n) is 2.99. The zero-order valence-electron chi connectivity index (χ0n) is 10.2. The van der Waals surface area contributed by atoms with Crippen LogP contribution in [-0.2, 0) is 12.8 Å². The molecule has 16 heavy (non-hydrogen) atoms. The Morgan fingerprint density at radius 1 is 1.31 bits per heavy atom. The Labute approximate surface area is 98.5 Å². The standard InChI is InChI=1S/C15H21N/c1-2-5-12-6-3-7-13-8-4-11-16(15(12)13)14-9-10-14/h3,6-7,14H,2,4-5,8-11H2,1H3. The molecule has 1 fully saturated rings. The first kappa shape index (κ1) is 10.2. The van der Waals surface area contributed by atoms with Crippen LogP contribution >= 0.6 is 0 Å². The van der Waals surface area contributed by atoms with Crippen molar-refractivity contribution in [3.8, 4) is 0 Å². The van der Waals surface area contributed by atoms with Crippen LogP contribution in [-0.4, -0.2) is 12.6 Å². The Kier molecular flexibility index (Phi) is 2.62. The Morgan fingerprint density at radius 2 is 2.19 bits per heavy atom. The fraction of sp³-hybridized carbons (Fsp3) is 0.600. The predicted molar refractivity (Wildman–Crippen MR) is 69.1 cm³/mol. The number of fused-ring (bicyclic) bond motifs is 1. The van der Waals surface area contributed by atoms with E-state index in [0.29, 0.717) is 0 Å². The molecule has 86 valence electrons. The maximum atomic E-state index is 2.70. The van der Waals surface area contributed by atoms with Crippen molar-refractivity contribution in [2.24, 2.45) is 0 Å². The summed E-state index contributed by atoms with van der Waals surface area (Å²) in [6.45, 7) is 3.57. The van der Waals surface area contributed by atoms with Crippen LogP contribution in [0.4, 0.5) is 5.69 Å². The molecule has 3 rings (SSSR count). The summed E-state index contributed by atoms with van der Waals surface area (Å²) in [5.74, 6) is 0. The van der Waals surface area contributed by atoms with Crippen LogP contribution in [0.1, 0.15) is 43.7 Å². The number of hydrogen-bond acceptors (Lipinski definition) is 1. The van der Waals surface area contributed by atoms with Gasteiger partial charge in [-0.25, -0.2) is 0 Å². The lowest BCUT2D eigenvalue weighted by molar-refractivity contribution is 0.681. The zero-order chi connectivity index (χ0) is 11.0. The number of nitrogens with zero attached hydrogens (tertiary/aromatic N) is 1. The lowest BCUT2D eigenvalue weighted by atomic mass is 9.95. The molecule has 1 heterocycles. The van der Waals surface area contributed by atoms with Crippen LogP contribution in [0.15, 0.2) is 18.2 Å². The average molecular weight is 215 g/mol. The smallest absolute Gasteiger partial charge is 0.0433 e. The van der Waals surface area contributed by atoms with Gasteiger partial charge in [0.25, 0.3) is 0 Å². The van der Waals surface area contributed by atoms with E-state index in [9.17, 15) is 0 Å². The largest absolute Gasteiger partial charge is 0.368 e. The van der Waals surface area contributed by atoms with Gasteiger partial charge < -0.3 is 4.90 Å². The van der Waals surface area contributed by atoms with Crippen LogP contribution in [0.25, 0.3) is 0 Å². The highest BCUT2D eigenvalue weighted by Gasteiger charge is 2.32. The van der Waals surface area contributed by atoms with Gasteiger partial charge in [0.2, 0.25) is 0 Å². The Hall–Kier alpha value is -0.980. The molecule has 1 aromatic rings. The van der Waals surface area contributed by atoms with Crippen LogP contribution in [0.5, 0.6) is 0 Å². The van der Waals surface area contributed by atoms with Gasteiger partial charge in [0.1, 0.15) is 0 Å². The number of hydrogen-bond donors (Lipinski definition) is 0. The Morgan fingerprint density at radius 3 is 2.94 bits per heavy atom. The van der Waals surface area contributed by atoms with E-state index in [1.165, 1.54) is 45.1 Å². The van der Waals surface area contributed by atoms with Gasteiger partial charge in [-0.3, -0.25) is 0 Å². The molecule has 0 aromatic heterocycles. The SMILES string of the molecule is CCCc1cccc2c1N(C1CC1)CCC2. The summed E-state index contributed by atoms with van der Waals surface area (Å²) in [5.41, 5.74) is 4.80. The van der Waals surface area contributed by atoms with Crippen molar-refractivity contribution >= 4 is 5.69 Å². The molecule has 0 atom stereocenters. The van der Waals surface area contributed by atoms with Crippen molar-refractivity contribution in [1.82, 2.24) is 0 Å². The molecule has 1 saturated carbocycles. The minimum Gasteiger partial charge on any atom is -0.368 e. The molecule has 0 spiro atoms. The van der Waals surface area contributed by atoms with E-state index in [1.54, 1.807) is 16.8 Å². The third-order valence-electron chi connectivity index (χ3n) is 3.84. The first-order chi connectivity index (χ1) is 7.90. The van der Waals surface area contributed by atoms with Gasteiger partial charge in [0, 0.05) is 18.3 Å². The van der Waals surface area contributed by atoms with E-state index in [-0.39, 0.29) is 0 Å². The van der Waals surface area contributed by atoms with Gasteiger partial charge in [-0.05, 0) is 43.2 Å². The third kappa shape index (κ3) is 1.73. The molecule has 0 radical (unpaired) electrons. The fourth-order valence-corrected chi connectivity index (χ4v) is 2.99. The lowest BCUT2D eigenvalue weighted by Gasteiger charge is -2.33. The molecule has 0 saturated heterocycles. The van der Waals surface area contributed by atoms with E-state index in [0.717, 1.165) is 6.04 Å². The maximum Gasteiger partial charge on any atom is 0.0433 e. The summed E-state index contributed by atoms with van der Waals surface area (Å²) in [4.78, 5) is 2.70. The summed E-state index contributed by atoms with van der Waals surface area (Å²) in [7, 11) is 0. The average Bonchev–Trinajstić information content (AvgIpc) is 3.13. The summed E-state index contributed by atoms with van der Waals surface area (Å²) >= 11 is 0. The first-order valence-electron chi connectivity index (χ1n) is 6.77. The summed E-state index contributed by atoms with van der Waals surface area (Å²) in [6, 6.07) is 7.80. The van der Waals surface area contributed by atoms with E-state index < -0.39 is 0 Å². The van der Waals surface area contributed by atoms with Gasteiger partial charge in [-0.15, -0.1) is 0 Å². The molecule has 0 bridgehead atoms. The van der Waals surface area contributed by atoms with Crippen molar-refractivity contribution in [3.05, 3.63) is 29.3 Å². The second-order valence-corrected chi connectivity index (χ2v) is 5.20. The van der Waals surface area contributed by atoms with Crippen molar-refractivity contribution in [1.29, 1.82) is 0 Å². The van der Waals surface area contributed by atoms with Crippen molar-refractivity contribution in [2.75, 3.05) is 11.4 Å². The highest BCUT2D eigenvalue weighted by molar-refractivity contribution is 5.62. The molecular weight excluding hydrogens is 194 g/mol. The minimum absolute atomic E-state index is 0.872. The van der Waals surface area contributed by atoms with Gasteiger partial charge in [-0.2, -0.15) is 0 Å². The molecule has 0 amide bonds. The third-order valence-corrected chi connectivity index (χ3v) is 3.84.